The van der Waals surface area contributed by atoms with E-state index in [0.29, 0.717) is 0 Å². The smallest absolute Gasteiger partial charge is 0.163 e. The van der Waals surface area contributed by atoms with Gasteiger partial charge >= 0.3 is 0 Å². The largest absolute Gasteiger partial charge is 0.507 e. The van der Waals surface area contributed by atoms with Crippen molar-refractivity contribution in [3.8, 4) is 17.9 Å². The monoisotopic (exact) mass is 261 g/mol. The molecule has 19 heavy (non-hydrogen) atoms. The lowest BCUT2D eigenvalue weighted by molar-refractivity contribution is 0.101. The number of halogens is 1. The van der Waals surface area contributed by atoms with Gasteiger partial charge in [-0.2, -0.15) is 10.5 Å². The summed E-state index contributed by atoms with van der Waals surface area (Å²) in [5, 5.41) is 27.1. The van der Waals surface area contributed by atoms with Crippen LogP contribution in [0.1, 0.15) is 22.8 Å². The molecule has 0 aliphatic carbocycles. The second kappa shape index (κ2) is 6.48. The molecule has 0 radical (unpaired) electrons. The molecule has 0 fully saturated rings. The van der Waals surface area contributed by atoms with Gasteiger partial charge in [0.1, 0.15) is 11.6 Å². The summed E-state index contributed by atoms with van der Waals surface area (Å²) < 4.78 is 13.4. The van der Waals surface area contributed by atoms with Gasteiger partial charge in [-0.1, -0.05) is 0 Å². The Bertz CT molecular complexity index is 556. The quantitative estimate of drug-likeness (QED) is 0.642. The molecule has 0 amide bonds. The molecule has 0 bridgehead atoms. The number of benzene rings is 1. The van der Waals surface area contributed by atoms with E-state index in [9.17, 15) is 14.3 Å². The van der Waals surface area contributed by atoms with Crippen molar-refractivity contribution in [1.29, 1.82) is 10.5 Å². The van der Waals surface area contributed by atoms with E-state index in [1.807, 2.05) is 12.1 Å². The Labute approximate surface area is 110 Å². The fraction of sp³-hybridized carbons (Fsp3) is 0.308. The summed E-state index contributed by atoms with van der Waals surface area (Å²) in [5.74, 6) is -1.41. The topological polar surface area (TPSA) is 88.1 Å². The number of hydrogen-bond acceptors (Lipinski definition) is 5. The van der Waals surface area contributed by atoms with Gasteiger partial charge in [0.25, 0.3) is 0 Å². The van der Waals surface area contributed by atoms with Gasteiger partial charge in [-0.25, -0.2) is 4.39 Å². The first kappa shape index (κ1) is 14.6. The van der Waals surface area contributed by atoms with Crippen molar-refractivity contribution in [1.82, 2.24) is 4.90 Å². The standard InChI is InChI=1S/C13H12FN3O2/c1-9(18)12-7-11(14)6-10(13(12)19)8-17(4-2-15)5-3-16/h6-7,19H,4-5,8H2,1H3. The lowest BCUT2D eigenvalue weighted by Crippen LogP contribution is -2.24. The van der Waals surface area contributed by atoms with Crippen LogP contribution in [0.15, 0.2) is 12.1 Å². The maximum Gasteiger partial charge on any atom is 0.163 e. The Hall–Kier alpha value is -2.44. The molecule has 0 spiro atoms. The summed E-state index contributed by atoms with van der Waals surface area (Å²) in [4.78, 5) is 12.7. The van der Waals surface area contributed by atoms with Crippen molar-refractivity contribution in [3.63, 3.8) is 0 Å². The lowest BCUT2D eigenvalue weighted by Gasteiger charge is -2.17. The van der Waals surface area contributed by atoms with Gasteiger partial charge in [-0.05, 0) is 19.1 Å². The minimum absolute atomic E-state index is 0.0188. The Morgan fingerprint density at radius 3 is 2.42 bits per heavy atom. The van der Waals surface area contributed by atoms with E-state index in [1.54, 1.807) is 0 Å². The van der Waals surface area contributed by atoms with Gasteiger partial charge in [0.15, 0.2) is 5.78 Å². The van der Waals surface area contributed by atoms with Crippen LogP contribution in [-0.4, -0.2) is 28.9 Å². The molecule has 0 atom stereocenters. The predicted molar refractivity (Wildman–Crippen MR) is 64.6 cm³/mol. The summed E-state index contributed by atoms with van der Waals surface area (Å²) in [6.07, 6.45) is 0. The van der Waals surface area contributed by atoms with E-state index in [0.717, 1.165) is 12.1 Å². The number of phenolic OH excluding ortho intramolecular Hbond substituents is 1. The first-order valence-electron chi connectivity index (χ1n) is 5.48. The number of aromatic hydroxyl groups is 1. The number of Topliss-reactive ketones (excluding diaryl/α,β-unsaturated/α-hetero) is 1. The van der Waals surface area contributed by atoms with Crippen molar-refractivity contribution in [2.24, 2.45) is 0 Å². The Morgan fingerprint density at radius 2 is 1.95 bits per heavy atom. The van der Waals surface area contributed by atoms with E-state index in [4.69, 9.17) is 10.5 Å². The van der Waals surface area contributed by atoms with Crippen LogP contribution in [0.2, 0.25) is 0 Å². The highest BCUT2D eigenvalue weighted by Crippen LogP contribution is 2.25. The molecule has 0 aliphatic rings. The third kappa shape index (κ3) is 3.77. The zero-order valence-corrected chi connectivity index (χ0v) is 10.4. The van der Waals surface area contributed by atoms with Gasteiger partial charge in [0, 0.05) is 12.1 Å². The number of nitriles is 2. The highest BCUT2D eigenvalue weighted by Gasteiger charge is 2.16. The Balaban J connectivity index is 3.10. The molecular weight excluding hydrogens is 249 g/mol. The molecule has 0 heterocycles. The summed E-state index contributed by atoms with van der Waals surface area (Å²) in [6, 6.07) is 5.80. The number of phenols is 1. The average Bonchev–Trinajstić information content (AvgIpc) is 2.33. The number of rotatable bonds is 5. The Kier molecular flexibility index (Phi) is 4.99. The van der Waals surface area contributed by atoms with Gasteiger partial charge in [0.2, 0.25) is 0 Å². The number of carbonyl (C=O) groups excluding carboxylic acids is 1. The minimum atomic E-state index is -0.646. The summed E-state index contributed by atoms with van der Waals surface area (Å²) in [6.45, 7) is 1.18. The molecule has 98 valence electrons. The molecule has 5 nitrogen and oxygen atoms in total. The van der Waals surface area contributed by atoms with E-state index in [-0.39, 0.29) is 36.5 Å². The molecule has 1 aromatic carbocycles. The fourth-order valence-electron chi connectivity index (χ4n) is 1.65. The molecular formula is C13H12FN3O2. The molecule has 6 heteroatoms. The molecule has 0 aliphatic heterocycles. The van der Waals surface area contributed by atoms with Crippen LogP contribution in [0.4, 0.5) is 4.39 Å². The van der Waals surface area contributed by atoms with Gasteiger partial charge in [-0.15, -0.1) is 0 Å². The summed E-state index contributed by atoms with van der Waals surface area (Å²) in [5.41, 5.74) is 0.0690. The van der Waals surface area contributed by atoms with Crippen molar-refractivity contribution in [2.75, 3.05) is 13.1 Å². The zero-order chi connectivity index (χ0) is 14.4. The number of nitrogens with zero attached hydrogens (tertiary/aromatic N) is 3. The van der Waals surface area contributed by atoms with Crippen molar-refractivity contribution in [2.45, 2.75) is 13.5 Å². The average molecular weight is 261 g/mol. The zero-order valence-electron chi connectivity index (χ0n) is 10.4. The first-order chi connectivity index (χ1) is 8.99. The van der Waals surface area contributed by atoms with Crippen molar-refractivity contribution < 1.29 is 14.3 Å². The second-order valence-electron chi connectivity index (χ2n) is 3.98. The van der Waals surface area contributed by atoms with Crippen LogP contribution in [-0.2, 0) is 6.54 Å². The maximum absolute atomic E-state index is 13.4. The number of carbonyl (C=O) groups is 1. The van der Waals surface area contributed by atoms with Gasteiger partial charge in [0.05, 0.1) is 30.8 Å². The van der Waals surface area contributed by atoms with Crippen LogP contribution in [0.5, 0.6) is 5.75 Å². The first-order valence-corrected chi connectivity index (χ1v) is 5.48. The van der Waals surface area contributed by atoms with Crippen LogP contribution in [0.25, 0.3) is 0 Å². The van der Waals surface area contributed by atoms with Crippen LogP contribution in [0, 0.1) is 28.5 Å². The number of hydrogen-bond donors (Lipinski definition) is 1. The molecule has 0 aromatic heterocycles. The van der Waals surface area contributed by atoms with E-state index >= 15 is 0 Å². The van der Waals surface area contributed by atoms with Crippen LogP contribution < -0.4 is 0 Å². The Morgan fingerprint density at radius 1 is 1.37 bits per heavy atom. The number of ketones is 1. The fourth-order valence-corrected chi connectivity index (χ4v) is 1.65. The molecule has 1 rings (SSSR count). The second-order valence-corrected chi connectivity index (χ2v) is 3.98. The molecule has 0 saturated heterocycles. The van der Waals surface area contributed by atoms with Gasteiger partial charge < -0.3 is 5.11 Å². The van der Waals surface area contributed by atoms with E-state index < -0.39 is 11.6 Å². The van der Waals surface area contributed by atoms with Crippen LogP contribution >= 0.6 is 0 Å². The van der Waals surface area contributed by atoms with E-state index in [1.165, 1.54) is 11.8 Å². The normalized spacial score (nSPS) is 9.95. The maximum atomic E-state index is 13.4. The predicted octanol–water partition coefficient (Wildman–Crippen LogP) is 1.58. The third-order valence-electron chi connectivity index (χ3n) is 2.52. The highest BCUT2D eigenvalue weighted by atomic mass is 19.1. The molecule has 0 saturated carbocycles. The van der Waals surface area contributed by atoms with Crippen molar-refractivity contribution >= 4 is 5.78 Å². The minimum Gasteiger partial charge on any atom is -0.507 e. The third-order valence-corrected chi connectivity index (χ3v) is 2.52. The SMILES string of the molecule is CC(=O)c1cc(F)cc(CN(CC#N)CC#N)c1O. The molecule has 1 aromatic rings. The van der Waals surface area contributed by atoms with E-state index in [2.05, 4.69) is 0 Å². The van der Waals surface area contributed by atoms with Gasteiger partial charge in [-0.3, -0.25) is 9.69 Å². The molecule has 1 N–H and O–H groups in total. The van der Waals surface area contributed by atoms with Crippen LogP contribution in [0.3, 0.4) is 0 Å². The van der Waals surface area contributed by atoms with Crippen molar-refractivity contribution in [3.05, 3.63) is 29.1 Å². The summed E-state index contributed by atoms with van der Waals surface area (Å²) >= 11 is 0. The summed E-state index contributed by atoms with van der Waals surface area (Å²) in [7, 11) is 0. The molecule has 0 unspecified atom stereocenters. The highest BCUT2D eigenvalue weighted by molar-refractivity contribution is 5.97. The lowest BCUT2D eigenvalue weighted by atomic mass is 10.0.